The van der Waals surface area contributed by atoms with Gasteiger partial charge >= 0.3 is 0 Å². The Morgan fingerprint density at radius 1 is 1.00 bits per heavy atom. The lowest BCUT2D eigenvalue weighted by Crippen LogP contribution is -2.12. The number of hydrogen-bond donors (Lipinski definition) is 1. The molecule has 2 aromatic carbocycles. The molecule has 0 fully saturated rings. The molecule has 0 radical (unpaired) electrons. The van der Waals surface area contributed by atoms with Gasteiger partial charge in [-0.3, -0.25) is 15.1 Å². The number of hydrogen-bond acceptors (Lipinski definition) is 4. The number of pyridine rings is 1. The minimum atomic E-state index is -0.246. The normalized spacial score (nSPS) is 10.9. The highest BCUT2D eigenvalue weighted by Crippen LogP contribution is 2.31. The summed E-state index contributed by atoms with van der Waals surface area (Å²) in [5, 5.41) is 5.64. The summed E-state index contributed by atoms with van der Waals surface area (Å²) < 4.78 is 1.05. The first kappa shape index (κ1) is 12.9. The molecule has 22 heavy (non-hydrogen) atoms. The quantitative estimate of drug-likeness (QED) is 0.606. The van der Waals surface area contributed by atoms with Crippen molar-refractivity contribution in [3.8, 4) is 0 Å². The molecule has 0 bridgehead atoms. The molecule has 0 atom stereocenters. The predicted molar refractivity (Wildman–Crippen MR) is 89.3 cm³/mol. The van der Waals surface area contributed by atoms with Gasteiger partial charge in [-0.1, -0.05) is 47.7 Å². The second kappa shape index (κ2) is 5.20. The lowest BCUT2D eigenvalue weighted by molar-refractivity contribution is 0.102. The molecular formula is C17H11N3OS. The Hall–Kier alpha value is -2.79. The number of nitrogens with zero attached hydrogens (tertiary/aromatic N) is 2. The van der Waals surface area contributed by atoms with E-state index in [4.69, 9.17) is 0 Å². The Kier molecular flexibility index (Phi) is 3.05. The van der Waals surface area contributed by atoms with Crippen LogP contribution in [0.1, 0.15) is 10.5 Å². The van der Waals surface area contributed by atoms with Crippen LogP contribution in [0.5, 0.6) is 0 Å². The molecule has 1 N–H and O–H groups in total. The summed E-state index contributed by atoms with van der Waals surface area (Å²) in [6.07, 6.45) is 1.60. The third kappa shape index (κ3) is 2.21. The average molecular weight is 305 g/mol. The van der Waals surface area contributed by atoms with Gasteiger partial charge in [0.05, 0.1) is 10.2 Å². The van der Waals surface area contributed by atoms with Crippen LogP contribution in [-0.4, -0.2) is 15.9 Å². The van der Waals surface area contributed by atoms with Crippen molar-refractivity contribution in [2.45, 2.75) is 0 Å². The van der Waals surface area contributed by atoms with Crippen molar-refractivity contribution in [2.75, 3.05) is 5.32 Å². The second-order valence-corrected chi connectivity index (χ2v) is 5.85. The van der Waals surface area contributed by atoms with Crippen molar-refractivity contribution in [3.05, 3.63) is 66.5 Å². The number of carbonyl (C=O) groups is 1. The fraction of sp³-hybridized carbons (Fsp3) is 0. The van der Waals surface area contributed by atoms with E-state index in [1.54, 1.807) is 24.4 Å². The van der Waals surface area contributed by atoms with E-state index in [0.717, 1.165) is 21.0 Å². The van der Waals surface area contributed by atoms with Gasteiger partial charge in [-0.05, 0) is 23.6 Å². The molecule has 0 spiro atoms. The molecule has 4 nitrogen and oxygen atoms in total. The van der Waals surface area contributed by atoms with Gasteiger partial charge in [0.15, 0.2) is 5.13 Å². The number of benzene rings is 2. The molecular weight excluding hydrogens is 294 g/mol. The van der Waals surface area contributed by atoms with Crippen LogP contribution in [0.4, 0.5) is 5.13 Å². The molecule has 0 aliphatic heterocycles. The van der Waals surface area contributed by atoms with Gasteiger partial charge in [0.1, 0.15) is 5.69 Å². The zero-order valence-corrected chi connectivity index (χ0v) is 12.3. The summed E-state index contributed by atoms with van der Waals surface area (Å²) in [7, 11) is 0. The van der Waals surface area contributed by atoms with Crippen LogP contribution < -0.4 is 5.32 Å². The van der Waals surface area contributed by atoms with Crippen LogP contribution in [0.3, 0.4) is 0 Å². The first-order valence-corrected chi connectivity index (χ1v) is 7.63. The fourth-order valence-corrected chi connectivity index (χ4v) is 3.25. The number of carbonyl (C=O) groups excluding carboxylic acids is 1. The van der Waals surface area contributed by atoms with Gasteiger partial charge in [-0.25, -0.2) is 4.98 Å². The van der Waals surface area contributed by atoms with E-state index in [-0.39, 0.29) is 5.91 Å². The van der Waals surface area contributed by atoms with E-state index in [2.05, 4.69) is 27.4 Å². The minimum absolute atomic E-state index is 0.246. The Morgan fingerprint density at radius 2 is 1.86 bits per heavy atom. The molecule has 0 saturated carbocycles. The largest absolute Gasteiger partial charge is 0.296 e. The molecule has 1 amide bonds. The number of fused-ring (bicyclic) bond motifs is 3. The van der Waals surface area contributed by atoms with E-state index in [9.17, 15) is 4.79 Å². The molecule has 0 aliphatic carbocycles. The van der Waals surface area contributed by atoms with E-state index >= 15 is 0 Å². The van der Waals surface area contributed by atoms with Gasteiger partial charge in [0.2, 0.25) is 0 Å². The zero-order valence-electron chi connectivity index (χ0n) is 11.5. The summed E-state index contributed by atoms with van der Waals surface area (Å²) in [6.45, 7) is 0. The topological polar surface area (TPSA) is 54.9 Å². The summed E-state index contributed by atoms with van der Waals surface area (Å²) in [4.78, 5) is 20.8. The van der Waals surface area contributed by atoms with Crippen LogP contribution in [0, 0.1) is 0 Å². The van der Waals surface area contributed by atoms with E-state index < -0.39 is 0 Å². The molecule has 106 valence electrons. The maximum Gasteiger partial charge on any atom is 0.276 e. The Balaban J connectivity index is 1.74. The van der Waals surface area contributed by atoms with Crippen molar-refractivity contribution in [3.63, 3.8) is 0 Å². The van der Waals surface area contributed by atoms with E-state index in [1.165, 1.54) is 11.3 Å². The van der Waals surface area contributed by atoms with Gasteiger partial charge in [-0.2, -0.15) is 0 Å². The fourth-order valence-electron chi connectivity index (χ4n) is 2.37. The number of amides is 1. The number of aromatic nitrogens is 2. The third-order valence-electron chi connectivity index (χ3n) is 3.40. The summed E-state index contributed by atoms with van der Waals surface area (Å²) in [5.41, 5.74) is 1.30. The molecule has 2 heterocycles. The first-order valence-electron chi connectivity index (χ1n) is 6.82. The standard InChI is InChI=1S/C17H11N3OS/c21-16(13-7-3-4-10-18-13)20-17-19-15-12-6-2-1-5-11(12)8-9-14(15)22-17/h1-10H,(H,19,20,21). The van der Waals surface area contributed by atoms with Crippen LogP contribution in [0.2, 0.25) is 0 Å². The summed E-state index contributed by atoms with van der Waals surface area (Å²) in [6, 6.07) is 17.4. The molecule has 4 aromatic rings. The van der Waals surface area contributed by atoms with Gasteiger partial charge in [0.25, 0.3) is 5.91 Å². The van der Waals surface area contributed by atoms with Gasteiger partial charge < -0.3 is 0 Å². The summed E-state index contributed by atoms with van der Waals surface area (Å²) in [5.74, 6) is -0.246. The molecule has 5 heteroatoms. The number of rotatable bonds is 2. The van der Waals surface area contributed by atoms with Crippen LogP contribution in [0.25, 0.3) is 21.0 Å². The van der Waals surface area contributed by atoms with Crippen LogP contribution >= 0.6 is 11.3 Å². The Bertz CT molecular complexity index is 979. The molecule has 2 aromatic heterocycles. The maximum absolute atomic E-state index is 12.1. The van der Waals surface area contributed by atoms with Crippen molar-refractivity contribution in [1.29, 1.82) is 0 Å². The monoisotopic (exact) mass is 305 g/mol. The lowest BCUT2D eigenvalue weighted by atomic mass is 10.1. The second-order valence-electron chi connectivity index (χ2n) is 4.82. The smallest absolute Gasteiger partial charge is 0.276 e. The average Bonchev–Trinajstić information content (AvgIpc) is 2.98. The summed E-state index contributed by atoms with van der Waals surface area (Å²) >= 11 is 1.46. The highest BCUT2D eigenvalue weighted by Gasteiger charge is 2.11. The predicted octanol–water partition coefficient (Wildman–Crippen LogP) is 4.10. The third-order valence-corrected chi connectivity index (χ3v) is 4.34. The molecule has 4 rings (SSSR count). The van der Waals surface area contributed by atoms with E-state index in [0.29, 0.717) is 10.8 Å². The van der Waals surface area contributed by atoms with Crippen molar-refractivity contribution in [2.24, 2.45) is 0 Å². The van der Waals surface area contributed by atoms with Crippen LogP contribution in [0.15, 0.2) is 60.8 Å². The molecule has 0 saturated heterocycles. The highest BCUT2D eigenvalue weighted by atomic mass is 32.1. The van der Waals surface area contributed by atoms with Gasteiger partial charge in [-0.15, -0.1) is 0 Å². The van der Waals surface area contributed by atoms with Crippen LogP contribution in [-0.2, 0) is 0 Å². The molecule has 0 unspecified atom stereocenters. The SMILES string of the molecule is O=C(Nc1nc2c(ccc3ccccc32)s1)c1ccccn1. The maximum atomic E-state index is 12.1. The Morgan fingerprint density at radius 3 is 2.73 bits per heavy atom. The van der Waals surface area contributed by atoms with Crippen molar-refractivity contribution >= 4 is 43.4 Å². The number of anilines is 1. The first-order chi connectivity index (χ1) is 10.8. The minimum Gasteiger partial charge on any atom is -0.296 e. The van der Waals surface area contributed by atoms with Gasteiger partial charge in [0, 0.05) is 11.6 Å². The van der Waals surface area contributed by atoms with Crippen molar-refractivity contribution in [1.82, 2.24) is 9.97 Å². The number of nitrogens with one attached hydrogen (secondary N) is 1. The number of thiazole rings is 1. The Labute approximate surface area is 130 Å². The molecule has 0 aliphatic rings. The van der Waals surface area contributed by atoms with E-state index in [1.807, 2.05) is 24.3 Å². The highest BCUT2D eigenvalue weighted by molar-refractivity contribution is 7.22. The zero-order chi connectivity index (χ0) is 14.9. The lowest BCUT2D eigenvalue weighted by Gasteiger charge is -1.99. The van der Waals surface area contributed by atoms with Crippen molar-refractivity contribution < 1.29 is 4.79 Å².